The topological polar surface area (TPSA) is 49.4 Å². The van der Waals surface area contributed by atoms with Gasteiger partial charge in [-0.15, -0.1) is 0 Å². The maximum absolute atomic E-state index is 13.0. The van der Waals surface area contributed by atoms with Crippen LogP contribution in [0.4, 0.5) is 10.1 Å². The number of rotatable bonds is 3. The fourth-order valence-corrected chi connectivity index (χ4v) is 2.93. The van der Waals surface area contributed by atoms with E-state index in [0.717, 1.165) is 16.8 Å². The van der Waals surface area contributed by atoms with Crippen LogP contribution >= 0.6 is 0 Å². The third-order valence-corrected chi connectivity index (χ3v) is 4.06. The number of halogens is 1. The number of carbonyl (C=O) groups is 2. The van der Waals surface area contributed by atoms with E-state index in [-0.39, 0.29) is 24.1 Å². The van der Waals surface area contributed by atoms with Crippen LogP contribution in [0.2, 0.25) is 0 Å². The maximum Gasteiger partial charge on any atom is 0.243 e. The highest BCUT2D eigenvalue weighted by Crippen LogP contribution is 2.32. The summed E-state index contributed by atoms with van der Waals surface area (Å²) in [5, 5.41) is 2.62. The lowest BCUT2D eigenvalue weighted by atomic mass is 10.1. The first-order valence-electron chi connectivity index (χ1n) is 7.46. The molecule has 2 aromatic rings. The molecule has 3 rings (SSSR count). The minimum Gasteiger partial charge on any atom is -0.357 e. The number of nitrogens with zero attached hydrogens (tertiary/aromatic N) is 1. The van der Waals surface area contributed by atoms with Crippen molar-refractivity contribution in [2.24, 2.45) is 0 Å². The van der Waals surface area contributed by atoms with Gasteiger partial charge in [0.05, 0.1) is 6.42 Å². The van der Waals surface area contributed by atoms with Gasteiger partial charge in [0.1, 0.15) is 11.9 Å². The first kappa shape index (κ1) is 15.2. The minimum absolute atomic E-state index is 0.127. The fourth-order valence-electron chi connectivity index (χ4n) is 2.93. The number of anilines is 1. The Morgan fingerprint density at radius 3 is 2.57 bits per heavy atom. The van der Waals surface area contributed by atoms with Gasteiger partial charge >= 0.3 is 0 Å². The van der Waals surface area contributed by atoms with Gasteiger partial charge in [0.15, 0.2) is 0 Å². The van der Waals surface area contributed by atoms with Crippen LogP contribution in [-0.2, 0) is 22.4 Å². The predicted octanol–water partition coefficient (Wildman–Crippen LogP) is 2.07. The number of amides is 2. The van der Waals surface area contributed by atoms with Gasteiger partial charge in [0.2, 0.25) is 11.8 Å². The first-order valence-corrected chi connectivity index (χ1v) is 7.46. The molecule has 2 amide bonds. The quantitative estimate of drug-likeness (QED) is 0.943. The molecular weight excluding hydrogens is 295 g/mol. The summed E-state index contributed by atoms with van der Waals surface area (Å²) in [6, 6.07) is 12.8. The maximum atomic E-state index is 13.0. The summed E-state index contributed by atoms with van der Waals surface area (Å²) in [5.41, 5.74) is 2.47. The van der Waals surface area contributed by atoms with Crippen molar-refractivity contribution >= 4 is 17.5 Å². The predicted molar refractivity (Wildman–Crippen MR) is 85.6 cm³/mol. The molecule has 1 heterocycles. The molecule has 2 aromatic carbocycles. The molecule has 118 valence electrons. The number of hydrogen-bond donors (Lipinski definition) is 1. The molecule has 0 spiro atoms. The lowest BCUT2D eigenvalue weighted by molar-refractivity contribution is -0.125. The molecule has 0 bridgehead atoms. The molecule has 1 atom stereocenters. The second-order valence-corrected chi connectivity index (χ2v) is 5.53. The Bertz CT molecular complexity index is 743. The van der Waals surface area contributed by atoms with Gasteiger partial charge in [0.25, 0.3) is 0 Å². The van der Waals surface area contributed by atoms with Crippen molar-refractivity contribution in [1.82, 2.24) is 5.32 Å². The number of hydrogen-bond acceptors (Lipinski definition) is 2. The molecule has 0 fully saturated rings. The standard InChI is InChI=1S/C18H17FN2O2/c1-20-18(23)16-11-13-4-2-3-5-15(13)21(16)17(22)10-12-6-8-14(19)9-7-12/h2-9,16H,10-11H2,1H3,(H,20,23)/t16-/m0/s1. The number of carbonyl (C=O) groups excluding carboxylic acids is 2. The zero-order chi connectivity index (χ0) is 16.4. The Morgan fingerprint density at radius 1 is 1.17 bits per heavy atom. The number of benzene rings is 2. The molecule has 0 saturated carbocycles. The molecule has 23 heavy (non-hydrogen) atoms. The minimum atomic E-state index is -0.537. The van der Waals surface area contributed by atoms with Crippen molar-refractivity contribution in [3.63, 3.8) is 0 Å². The van der Waals surface area contributed by atoms with E-state index in [1.165, 1.54) is 12.1 Å². The average molecular weight is 312 g/mol. The van der Waals surface area contributed by atoms with Gasteiger partial charge in [-0.1, -0.05) is 30.3 Å². The molecule has 0 radical (unpaired) electrons. The lowest BCUT2D eigenvalue weighted by Crippen LogP contribution is -2.47. The molecule has 1 aliphatic heterocycles. The number of likely N-dealkylation sites (N-methyl/N-ethyl adjacent to an activating group) is 1. The smallest absolute Gasteiger partial charge is 0.243 e. The van der Waals surface area contributed by atoms with Gasteiger partial charge < -0.3 is 5.32 Å². The SMILES string of the molecule is CNC(=O)[C@@H]1Cc2ccccc2N1C(=O)Cc1ccc(F)cc1. The zero-order valence-electron chi connectivity index (χ0n) is 12.8. The summed E-state index contributed by atoms with van der Waals surface area (Å²) < 4.78 is 13.0. The molecule has 5 heteroatoms. The van der Waals surface area contributed by atoms with Gasteiger partial charge in [-0.25, -0.2) is 4.39 Å². The van der Waals surface area contributed by atoms with E-state index in [1.54, 1.807) is 24.1 Å². The van der Waals surface area contributed by atoms with Crippen molar-refractivity contribution in [3.05, 3.63) is 65.5 Å². The molecule has 0 saturated heterocycles. The molecule has 0 unspecified atom stereocenters. The Balaban J connectivity index is 1.89. The molecule has 0 aliphatic carbocycles. The summed E-state index contributed by atoms with van der Waals surface area (Å²) in [4.78, 5) is 26.4. The average Bonchev–Trinajstić information content (AvgIpc) is 2.95. The van der Waals surface area contributed by atoms with E-state index in [9.17, 15) is 14.0 Å². The lowest BCUT2D eigenvalue weighted by Gasteiger charge is -2.24. The highest BCUT2D eigenvalue weighted by Gasteiger charge is 2.37. The van der Waals surface area contributed by atoms with E-state index in [0.29, 0.717) is 6.42 Å². The van der Waals surface area contributed by atoms with Crippen LogP contribution in [-0.4, -0.2) is 24.9 Å². The monoisotopic (exact) mass is 312 g/mol. The Hall–Kier alpha value is -2.69. The largest absolute Gasteiger partial charge is 0.357 e. The van der Waals surface area contributed by atoms with Gasteiger partial charge in [-0.2, -0.15) is 0 Å². The van der Waals surface area contributed by atoms with E-state index in [2.05, 4.69) is 5.32 Å². The number of fused-ring (bicyclic) bond motifs is 1. The van der Waals surface area contributed by atoms with Crippen LogP contribution in [0.3, 0.4) is 0 Å². The van der Waals surface area contributed by atoms with E-state index in [1.807, 2.05) is 24.3 Å². The summed E-state index contributed by atoms with van der Waals surface area (Å²) in [5.74, 6) is -0.695. The van der Waals surface area contributed by atoms with Crippen LogP contribution in [0.25, 0.3) is 0 Å². The fraction of sp³-hybridized carbons (Fsp3) is 0.222. The van der Waals surface area contributed by atoms with Crippen molar-refractivity contribution < 1.29 is 14.0 Å². The summed E-state index contributed by atoms with van der Waals surface area (Å²) in [7, 11) is 1.56. The van der Waals surface area contributed by atoms with Crippen LogP contribution in [0.1, 0.15) is 11.1 Å². The Kier molecular flexibility index (Phi) is 4.10. The summed E-state index contributed by atoms with van der Waals surface area (Å²) in [6.07, 6.45) is 0.632. The van der Waals surface area contributed by atoms with E-state index < -0.39 is 6.04 Å². The first-order chi connectivity index (χ1) is 11.1. The molecule has 4 nitrogen and oxygen atoms in total. The normalized spacial score (nSPS) is 16.1. The van der Waals surface area contributed by atoms with Crippen LogP contribution in [0.5, 0.6) is 0 Å². The van der Waals surface area contributed by atoms with Crippen molar-refractivity contribution in [2.45, 2.75) is 18.9 Å². The second kappa shape index (κ2) is 6.20. The second-order valence-electron chi connectivity index (χ2n) is 5.53. The summed E-state index contributed by atoms with van der Waals surface area (Å²) >= 11 is 0. The van der Waals surface area contributed by atoms with Gasteiger partial charge in [0, 0.05) is 19.2 Å². The van der Waals surface area contributed by atoms with Gasteiger partial charge in [-0.05, 0) is 29.3 Å². The van der Waals surface area contributed by atoms with E-state index >= 15 is 0 Å². The summed E-state index contributed by atoms with van der Waals surface area (Å²) in [6.45, 7) is 0. The van der Waals surface area contributed by atoms with E-state index in [4.69, 9.17) is 0 Å². The Morgan fingerprint density at radius 2 is 1.87 bits per heavy atom. The van der Waals surface area contributed by atoms with Crippen molar-refractivity contribution in [1.29, 1.82) is 0 Å². The number of nitrogens with one attached hydrogen (secondary N) is 1. The molecule has 1 N–H and O–H groups in total. The van der Waals surface area contributed by atoms with Gasteiger partial charge in [-0.3, -0.25) is 14.5 Å². The van der Waals surface area contributed by atoms with Crippen LogP contribution in [0, 0.1) is 5.82 Å². The third kappa shape index (κ3) is 2.95. The Labute approximate surface area is 133 Å². The third-order valence-electron chi connectivity index (χ3n) is 4.06. The highest BCUT2D eigenvalue weighted by atomic mass is 19.1. The molecule has 1 aliphatic rings. The van der Waals surface area contributed by atoms with Crippen LogP contribution in [0.15, 0.2) is 48.5 Å². The zero-order valence-corrected chi connectivity index (χ0v) is 12.8. The molecular formula is C18H17FN2O2. The van der Waals surface area contributed by atoms with Crippen molar-refractivity contribution in [3.8, 4) is 0 Å². The number of para-hydroxylation sites is 1. The van der Waals surface area contributed by atoms with Crippen molar-refractivity contribution in [2.75, 3.05) is 11.9 Å². The molecule has 0 aromatic heterocycles. The van der Waals surface area contributed by atoms with Crippen LogP contribution < -0.4 is 10.2 Å². The highest BCUT2D eigenvalue weighted by molar-refractivity contribution is 6.04.